The molecule has 0 bridgehead atoms. The van der Waals surface area contributed by atoms with Crippen LogP contribution in [-0.4, -0.2) is 68.1 Å². The van der Waals surface area contributed by atoms with E-state index in [1.165, 1.54) is 13.0 Å². The monoisotopic (exact) mass is 539 g/mol. The summed E-state index contributed by atoms with van der Waals surface area (Å²) >= 11 is 0. The number of hydrogen-bond acceptors (Lipinski definition) is 3. The van der Waals surface area contributed by atoms with Crippen molar-refractivity contribution in [2.24, 2.45) is 10.9 Å². The highest BCUT2D eigenvalue weighted by molar-refractivity contribution is 14.0. The second-order valence-electron chi connectivity index (χ2n) is 8.06. The molecule has 0 spiro atoms. The lowest BCUT2D eigenvalue weighted by Gasteiger charge is -2.20. The molecule has 3 rings (SSSR count). The van der Waals surface area contributed by atoms with Gasteiger partial charge in [0.1, 0.15) is 0 Å². The van der Waals surface area contributed by atoms with Crippen LogP contribution in [0.3, 0.4) is 0 Å². The molecule has 2 aliphatic rings. The first-order chi connectivity index (χ1) is 13.9. The second kappa shape index (κ2) is 11.5. The lowest BCUT2D eigenvalue weighted by Crippen LogP contribution is -2.46. The summed E-state index contributed by atoms with van der Waals surface area (Å²) in [6, 6.07) is 5.77. The van der Waals surface area contributed by atoms with Gasteiger partial charge in [-0.25, -0.2) is 0 Å². The third kappa shape index (κ3) is 7.26. The molecule has 2 atom stereocenters. The van der Waals surface area contributed by atoms with Crippen molar-refractivity contribution in [3.05, 3.63) is 35.4 Å². The number of guanidine groups is 1. The Balaban J connectivity index is 0.00000320. The molecule has 0 aromatic heterocycles. The molecule has 9 heteroatoms. The summed E-state index contributed by atoms with van der Waals surface area (Å²) in [5, 5.41) is 6.95. The molecule has 2 unspecified atom stereocenters. The third-order valence-electron chi connectivity index (χ3n) is 5.90. The molecule has 0 radical (unpaired) electrons. The van der Waals surface area contributed by atoms with Gasteiger partial charge in [0.2, 0.25) is 0 Å². The topological polar surface area (TPSA) is 42.9 Å². The van der Waals surface area contributed by atoms with Crippen molar-refractivity contribution in [3.8, 4) is 0 Å². The van der Waals surface area contributed by atoms with E-state index in [1.54, 1.807) is 19.2 Å². The minimum atomic E-state index is -4.28. The SMILES string of the molecule is CCN1CCC(CNC(=NC)NC2CCN(Cc3ccc(C(F)(F)F)cc3)C2)C1.I. The van der Waals surface area contributed by atoms with Crippen LogP contribution >= 0.6 is 24.0 Å². The number of likely N-dealkylation sites (tertiary alicyclic amines) is 2. The van der Waals surface area contributed by atoms with Gasteiger partial charge in [0.15, 0.2) is 5.96 Å². The average molecular weight is 539 g/mol. The van der Waals surface area contributed by atoms with Gasteiger partial charge in [-0.05, 0) is 49.5 Å². The number of alkyl halides is 3. The van der Waals surface area contributed by atoms with E-state index in [0.29, 0.717) is 18.5 Å². The number of rotatable bonds is 6. The maximum absolute atomic E-state index is 12.7. The van der Waals surface area contributed by atoms with Crippen molar-refractivity contribution in [2.45, 2.75) is 38.5 Å². The smallest absolute Gasteiger partial charge is 0.356 e. The van der Waals surface area contributed by atoms with Crippen LogP contribution in [0.15, 0.2) is 29.3 Å². The molecular weight excluding hydrogens is 506 g/mol. The highest BCUT2D eigenvalue weighted by atomic mass is 127. The van der Waals surface area contributed by atoms with E-state index in [9.17, 15) is 13.2 Å². The van der Waals surface area contributed by atoms with Crippen molar-refractivity contribution in [1.82, 2.24) is 20.4 Å². The van der Waals surface area contributed by atoms with E-state index in [4.69, 9.17) is 0 Å². The Bertz CT molecular complexity index is 680. The molecule has 30 heavy (non-hydrogen) atoms. The Morgan fingerprint density at radius 3 is 2.40 bits per heavy atom. The van der Waals surface area contributed by atoms with Crippen LogP contribution in [0, 0.1) is 5.92 Å². The maximum atomic E-state index is 12.7. The minimum absolute atomic E-state index is 0. The first kappa shape index (κ1) is 25.2. The fraction of sp³-hybridized carbons (Fsp3) is 0.667. The number of benzene rings is 1. The van der Waals surface area contributed by atoms with E-state index >= 15 is 0 Å². The van der Waals surface area contributed by atoms with E-state index in [0.717, 1.165) is 62.8 Å². The summed E-state index contributed by atoms with van der Waals surface area (Å²) in [4.78, 5) is 9.09. The van der Waals surface area contributed by atoms with Crippen LogP contribution in [0.5, 0.6) is 0 Å². The third-order valence-corrected chi connectivity index (χ3v) is 5.90. The fourth-order valence-electron chi connectivity index (χ4n) is 4.15. The molecule has 2 aliphatic heterocycles. The number of halogens is 4. The quantitative estimate of drug-likeness (QED) is 0.331. The summed E-state index contributed by atoms with van der Waals surface area (Å²) in [5.74, 6) is 1.49. The van der Waals surface area contributed by atoms with Gasteiger partial charge in [0.05, 0.1) is 5.56 Å². The van der Waals surface area contributed by atoms with Gasteiger partial charge in [0, 0.05) is 45.8 Å². The van der Waals surface area contributed by atoms with E-state index < -0.39 is 11.7 Å². The van der Waals surface area contributed by atoms with Crippen molar-refractivity contribution < 1.29 is 13.2 Å². The zero-order valence-electron chi connectivity index (χ0n) is 17.7. The zero-order valence-corrected chi connectivity index (χ0v) is 20.0. The number of nitrogens with zero attached hydrogens (tertiary/aromatic N) is 3. The Hall–Kier alpha value is -1.07. The Kier molecular flexibility index (Phi) is 9.67. The Morgan fingerprint density at radius 1 is 1.10 bits per heavy atom. The largest absolute Gasteiger partial charge is 0.416 e. The molecule has 2 heterocycles. The fourth-order valence-corrected chi connectivity index (χ4v) is 4.15. The van der Waals surface area contributed by atoms with Crippen LogP contribution in [0.4, 0.5) is 13.2 Å². The molecule has 0 amide bonds. The van der Waals surface area contributed by atoms with E-state index in [1.807, 2.05) is 0 Å². The van der Waals surface area contributed by atoms with E-state index in [-0.39, 0.29) is 24.0 Å². The predicted octanol–water partition coefficient (Wildman–Crippen LogP) is 3.40. The summed E-state index contributed by atoms with van der Waals surface area (Å²) in [6.07, 6.45) is -2.06. The molecule has 2 saturated heterocycles. The maximum Gasteiger partial charge on any atom is 0.416 e. The van der Waals surface area contributed by atoms with Gasteiger partial charge in [-0.1, -0.05) is 19.1 Å². The van der Waals surface area contributed by atoms with Crippen LogP contribution in [-0.2, 0) is 12.7 Å². The minimum Gasteiger partial charge on any atom is -0.356 e. The van der Waals surface area contributed by atoms with E-state index in [2.05, 4.69) is 32.3 Å². The van der Waals surface area contributed by atoms with Gasteiger partial charge >= 0.3 is 6.18 Å². The highest BCUT2D eigenvalue weighted by Gasteiger charge is 2.30. The normalized spacial score (nSPS) is 23.4. The second-order valence-corrected chi connectivity index (χ2v) is 8.06. The molecule has 1 aromatic rings. The Labute approximate surface area is 194 Å². The van der Waals surface area contributed by atoms with Gasteiger partial charge < -0.3 is 15.5 Å². The average Bonchev–Trinajstić information content (AvgIpc) is 3.34. The molecule has 2 fully saturated rings. The number of nitrogens with one attached hydrogen (secondary N) is 2. The van der Waals surface area contributed by atoms with Crippen molar-refractivity contribution >= 4 is 29.9 Å². The molecule has 1 aromatic carbocycles. The Morgan fingerprint density at radius 2 is 1.80 bits per heavy atom. The highest BCUT2D eigenvalue weighted by Crippen LogP contribution is 2.29. The summed E-state index contributed by atoms with van der Waals surface area (Å²) in [5.41, 5.74) is 0.310. The van der Waals surface area contributed by atoms with Gasteiger partial charge in [0.25, 0.3) is 0 Å². The van der Waals surface area contributed by atoms with Crippen molar-refractivity contribution in [2.75, 3.05) is 46.3 Å². The standard InChI is InChI=1S/C21H32F3N5.HI/c1-3-28-10-8-17(14-28)12-26-20(25-2)27-19-9-11-29(15-19)13-16-4-6-18(7-5-16)21(22,23)24;/h4-7,17,19H,3,8-15H2,1-2H3,(H2,25,26,27);1H. The van der Waals surface area contributed by atoms with Crippen LogP contribution < -0.4 is 10.6 Å². The predicted molar refractivity (Wildman–Crippen MR) is 125 cm³/mol. The van der Waals surface area contributed by atoms with Gasteiger partial charge in [-0.15, -0.1) is 24.0 Å². The molecular formula is C21H33F3IN5. The van der Waals surface area contributed by atoms with Crippen molar-refractivity contribution in [1.29, 1.82) is 0 Å². The van der Waals surface area contributed by atoms with Gasteiger partial charge in [-0.3, -0.25) is 9.89 Å². The lowest BCUT2D eigenvalue weighted by atomic mass is 10.1. The molecule has 170 valence electrons. The van der Waals surface area contributed by atoms with Crippen LogP contribution in [0.25, 0.3) is 0 Å². The van der Waals surface area contributed by atoms with Crippen LogP contribution in [0.2, 0.25) is 0 Å². The molecule has 2 N–H and O–H groups in total. The number of hydrogen-bond donors (Lipinski definition) is 2. The lowest BCUT2D eigenvalue weighted by molar-refractivity contribution is -0.137. The first-order valence-corrected chi connectivity index (χ1v) is 10.5. The van der Waals surface area contributed by atoms with Gasteiger partial charge in [-0.2, -0.15) is 13.2 Å². The summed E-state index contributed by atoms with van der Waals surface area (Å²) in [7, 11) is 1.79. The summed E-state index contributed by atoms with van der Waals surface area (Å²) in [6.45, 7) is 9.00. The summed E-state index contributed by atoms with van der Waals surface area (Å²) < 4.78 is 38.1. The van der Waals surface area contributed by atoms with Crippen molar-refractivity contribution in [3.63, 3.8) is 0 Å². The first-order valence-electron chi connectivity index (χ1n) is 10.5. The molecule has 5 nitrogen and oxygen atoms in total. The van der Waals surface area contributed by atoms with Crippen LogP contribution in [0.1, 0.15) is 30.9 Å². The number of aliphatic imine (C=N–C) groups is 1. The molecule has 0 aliphatic carbocycles. The zero-order chi connectivity index (χ0) is 20.9. The molecule has 0 saturated carbocycles.